The number of Topliss-reactive ketones (excluding diaryl/α,β-unsaturated/α-hetero) is 1. The first-order valence-corrected chi connectivity index (χ1v) is 49.5. The zero-order valence-corrected chi connectivity index (χ0v) is 85.4. The lowest BCUT2D eigenvalue weighted by Crippen LogP contribution is -2.80. The molecule has 1 aromatic heterocycles. The van der Waals surface area contributed by atoms with Gasteiger partial charge in [0.05, 0.1) is 94.2 Å². The number of carbonyl (C=O) groups is 9. The number of aromatic nitrogens is 1. The van der Waals surface area contributed by atoms with Gasteiger partial charge >= 0.3 is 36.0 Å². The summed E-state index contributed by atoms with van der Waals surface area (Å²) in [4.78, 5) is 136. The molecule has 42 heteroatoms. The first-order valence-electron chi connectivity index (χ1n) is 48.4. The Bertz CT molecular complexity index is 4320. The van der Waals surface area contributed by atoms with Gasteiger partial charge in [0.25, 0.3) is 0 Å². The van der Waals surface area contributed by atoms with Gasteiger partial charge in [0.2, 0.25) is 17.7 Å². The Hall–Kier alpha value is -7.99. The van der Waals surface area contributed by atoms with Crippen LogP contribution in [0.4, 0.5) is 5.69 Å². The number of aliphatic hydroxyl groups is 8. The number of ketones is 1. The molecular formula is C98H156BrN7O34. The van der Waals surface area contributed by atoms with Crippen LogP contribution in [0.5, 0.6) is 0 Å². The van der Waals surface area contributed by atoms with Crippen molar-refractivity contribution in [1.29, 1.82) is 0 Å². The van der Waals surface area contributed by atoms with Gasteiger partial charge < -0.3 is 138 Å². The van der Waals surface area contributed by atoms with E-state index in [0.29, 0.717) is 97.2 Å². The number of ether oxygens (including phenoxy) is 14. The summed E-state index contributed by atoms with van der Waals surface area (Å²) < 4.78 is 71.9. The maximum Gasteiger partial charge on any atom is 0.373 e. The molecule has 1 aliphatic carbocycles. The first-order chi connectivity index (χ1) is 66.9. The molecule has 2 saturated heterocycles. The van der Waals surface area contributed by atoms with Gasteiger partial charge in [-0.3, -0.25) is 48.2 Å². The normalized spacial score (nSPS) is 23.8. The molecule has 13 N–H and O–H groups in total. The summed E-state index contributed by atoms with van der Waals surface area (Å²) in [6.45, 7) is 20.3. The number of aryl methyl sites for hydroxylation is 1. The van der Waals surface area contributed by atoms with Crippen molar-refractivity contribution in [3.8, 4) is 0 Å². The lowest BCUT2D eigenvalue weighted by molar-refractivity contribution is -0.251. The number of hydrogen-bond acceptors (Lipinski definition) is 36. The van der Waals surface area contributed by atoms with Crippen molar-refractivity contribution >= 4 is 92.0 Å². The van der Waals surface area contributed by atoms with E-state index in [0.717, 1.165) is 61.2 Å². The second-order valence-corrected chi connectivity index (χ2v) is 36.5. The molecule has 1 saturated carbocycles. The number of amides is 3. The second-order valence-electron chi connectivity index (χ2n) is 35.9. The van der Waals surface area contributed by atoms with E-state index in [2.05, 4.69) is 128 Å². The van der Waals surface area contributed by atoms with Gasteiger partial charge in [0.1, 0.15) is 32.0 Å². The van der Waals surface area contributed by atoms with Crippen molar-refractivity contribution < 1.29 is 165 Å². The Balaban J connectivity index is 0.000000452. The number of aromatic amines is 1. The number of anilines is 1. The molecule has 0 radical (unpaired) electrons. The van der Waals surface area contributed by atoms with E-state index >= 15 is 4.79 Å². The molecule has 6 aliphatic rings. The van der Waals surface area contributed by atoms with Gasteiger partial charge in [-0.05, 0) is 158 Å². The highest BCUT2D eigenvalue weighted by Crippen LogP contribution is 2.67. The number of methoxy groups -OCH3 is 5. The van der Waals surface area contributed by atoms with Crippen LogP contribution in [-0.4, -0.2) is 372 Å². The van der Waals surface area contributed by atoms with Crippen LogP contribution in [0.25, 0.3) is 10.9 Å². The summed E-state index contributed by atoms with van der Waals surface area (Å²) in [5.74, 6) is -4.40. The monoisotopic (exact) mass is 2050 g/mol. The van der Waals surface area contributed by atoms with E-state index in [1.165, 1.54) is 64.7 Å². The topological polar surface area (TPSA) is 561 Å². The molecule has 140 heavy (non-hydrogen) atoms. The number of unbranched alkanes of at least 4 members (excludes halogenated alkanes) is 1. The number of carboxylic acids is 1. The molecule has 9 rings (SSSR count). The lowest BCUT2D eigenvalue weighted by Gasteiger charge is -2.63. The summed E-state index contributed by atoms with van der Waals surface area (Å²) in [5, 5.41) is 101. The molecule has 3 fully saturated rings. The van der Waals surface area contributed by atoms with Crippen LogP contribution in [0.3, 0.4) is 0 Å². The zero-order chi connectivity index (χ0) is 104. The summed E-state index contributed by atoms with van der Waals surface area (Å²) >= 11 is 3.06. The number of piperidine rings is 1. The van der Waals surface area contributed by atoms with Gasteiger partial charge in [-0.2, -0.15) is 9.59 Å². The van der Waals surface area contributed by atoms with E-state index < -0.39 is 125 Å². The maximum atomic E-state index is 15.2. The predicted octanol–water partition coefficient (Wildman–Crippen LogP) is 4.65. The van der Waals surface area contributed by atoms with Gasteiger partial charge in [-0.25, -0.2) is 4.79 Å². The predicted molar refractivity (Wildman–Crippen MR) is 512 cm³/mol. The second kappa shape index (κ2) is 62.6. The number of nitrogens with zero attached hydrogens (tertiary/aromatic N) is 3. The average Bonchev–Trinajstić information content (AvgIpc) is 1.48. The van der Waals surface area contributed by atoms with Crippen molar-refractivity contribution in [3.05, 3.63) is 76.5 Å². The Kier molecular flexibility index (Phi) is 54.8. The summed E-state index contributed by atoms with van der Waals surface area (Å²) in [6, 6.07) is 11.4. The van der Waals surface area contributed by atoms with Crippen LogP contribution in [0, 0.1) is 18.3 Å². The number of esters is 4. The Morgan fingerprint density at radius 2 is 1.15 bits per heavy atom. The fourth-order valence-corrected chi connectivity index (χ4v) is 19.6. The summed E-state index contributed by atoms with van der Waals surface area (Å²) in [6.07, 6.45) is 5.61. The first kappa shape index (κ1) is 122. The zero-order valence-electron chi connectivity index (χ0n) is 83.9. The molecule has 794 valence electrons. The van der Waals surface area contributed by atoms with Crippen LogP contribution < -0.4 is 20.9 Å². The molecule has 5 aliphatic heterocycles. The third kappa shape index (κ3) is 34.9. The SMILES string of the molecule is CCC(CO)OC(CO)OC.CCC(CO)OC(COC(=O)CCC(=O)O)OC.CCC(CO)OC(COC(=O)CCCC(=O)NC(C)C(=O)OCCCCC(=O)[C@]1(O)C2N(C)c3cc(C)c([C@@]4(C)C[C@@H]5CN(CCc6c4[nH]c4ccccc64)CC(O)(CC)C5)cc3[C@@]23CCN2CC=C[C@](CC)(C23)[C@H]1O)OC.COC(CO)OC(COC(=O)CCC(=O)NCCCOCCCNC(=O)CBr)OC.O=C=O. The van der Waals surface area contributed by atoms with Gasteiger partial charge in [-0.1, -0.05) is 87.0 Å². The Morgan fingerprint density at radius 1 is 0.607 bits per heavy atom. The van der Waals surface area contributed by atoms with Gasteiger partial charge in [0.15, 0.2) is 42.8 Å². The van der Waals surface area contributed by atoms with E-state index in [-0.39, 0.29) is 165 Å². The number of carboxylic acid groups (broad SMARTS) is 1. The van der Waals surface area contributed by atoms with Gasteiger partial charge in [-0.15, -0.1) is 0 Å². The van der Waals surface area contributed by atoms with E-state index in [4.69, 9.17) is 101 Å². The molecule has 19 atom stereocenters. The number of nitrogens with one attached hydrogen (secondary N) is 4. The average molecular weight is 2060 g/mol. The fourth-order valence-electron chi connectivity index (χ4n) is 19.4. The molecule has 13 unspecified atom stereocenters. The molecule has 3 aromatic rings. The number of halogens is 1. The Labute approximate surface area is 829 Å². The number of para-hydroxylation sites is 1. The maximum absolute atomic E-state index is 15.2. The van der Waals surface area contributed by atoms with Crippen molar-refractivity contribution in [3.63, 3.8) is 0 Å². The number of aliphatic carboxylic acids is 1. The summed E-state index contributed by atoms with van der Waals surface area (Å²) in [5.41, 5.74) is 2.93. The number of aliphatic hydroxyl groups excluding tert-OH is 6. The number of H-pyrrole nitrogens is 1. The third-order valence-electron chi connectivity index (χ3n) is 26.6. The number of likely N-dealkylation sites (N-methyl/N-ethyl adjacent to an activating group) is 1. The van der Waals surface area contributed by atoms with Crippen LogP contribution in [0.15, 0.2) is 48.6 Å². The lowest BCUT2D eigenvalue weighted by atomic mass is 9.47. The quantitative estimate of drug-likeness (QED) is 0.00913. The van der Waals surface area contributed by atoms with Crippen molar-refractivity contribution in [1.82, 2.24) is 30.7 Å². The van der Waals surface area contributed by atoms with Gasteiger partial charge in [0, 0.05) is 165 Å². The smallest absolute Gasteiger partial charge is 0.373 e. The van der Waals surface area contributed by atoms with Crippen molar-refractivity contribution in [2.45, 2.75) is 286 Å². The number of benzene rings is 2. The number of alkyl halides is 1. The number of hydrogen-bond donors (Lipinski definition) is 13. The molecular weight excluding hydrogens is 1900 g/mol. The Morgan fingerprint density at radius 3 is 1.69 bits per heavy atom. The fraction of sp³-hybridized carbons (Fsp3) is 0.735. The molecule has 6 heterocycles. The van der Waals surface area contributed by atoms with Crippen LogP contribution in [0.2, 0.25) is 0 Å². The largest absolute Gasteiger partial charge is 0.481 e. The molecule has 3 amide bonds. The van der Waals surface area contributed by atoms with Crippen LogP contribution in [-0.2, 0) is 136 Å². The van der Waals surface area contributed by atoms with Crippen LogP contribution in [0.1, 0.15) is 205 Å². The van der Waals surface area contributed by atoms with E-state index in [1.54, 1.807) is 0 Å². The van der Waals surface area contributed by atoms with Crippen LogP contribution >= 0.6 is 15.9 Å². The summed E-state index contributed by atoms with van der Waals surface area (Å²) in [7, 11) is 8.95. The highest BCUT2D eigenvalue weighted by atomic mass is 79.9. The number of rotatable bonds is 57. The minimum Gasteiger partial charge on any atom is -0.481 e. The highest BCUT2D eigenvalue weighted by molar-refractivity contribution is 9.09. The minimum absolute atomic E-state index is 0.00278. The standard InChI is InChI=1S/C61H87N5O12.C18H33BrN2O9.C11H20O7.C7H16O4.CO2/c1-9-41(35-67)78-51(75-8)36-77-50(70)22-16-21-49(69)62-39(5)53(71)76-29-15-14-20-48(68)61(74)55-60(25-28-66-26-17-24-59(11-3,54(60)66)56(61)72)45-31-44(38(4)30-47(45)64(55)7)57(6)32-40-33-58(73,10-2)37-65(34-40)27-23-43-42-18-12-13-19-46(42)63-52(43)57;1-26-17(12-22)30-18(27-2)13-29-16(25)6-5-14(23)20-7-3-9-28-10-4-8-21-15(24)11-19;1-3-8(6-12)18-11(16-2)7-17-10(15)5-4-9(13)14;1-3-6(4-8)11-7(5-9)10-2;2-1-3/h12-13,17-19,24,30-31,39-41,51,54-56,63,67,72-74H,9-11,14-16,20-23,25-29,32-37H2,1-8H3,(H,62,69);17-18,22H,3-13H2,1-2H3,(H,20,23)(H,21,24);8,11-12H,3-7H2,1-2H3,(H,13,14);6-9H,3-5H2,1-2H3;/t39?,40-,41?,51?,54?,55?,56+,57+,58?,59+,60+,61-;;;;/m0..../s1. The van der Waals surface area contributed by atoms with Crippen molar-refractivity contribution in [2.24, 2.45) is 11.3 Å². The van der Waals surface area contributed by atoms with Crippen molar-refractivity contribution in [2.75, 3.05) is 171 Å². The molecule has 2 aromatic carbocycles. The molecule has 41 nitrogen and oxygen atoms in total. The van der Waals surface area contributed by atoms with E-state index in [1.807, 2.05) is 27.8 Å². The third-order valence-corrected chi connectivity index (χ3v) is 27.1. The van der Waals surface area contributed by atoms with E-state index in [9.17, 15) is 58.8 Å². The number of carbonyl (C=O) groups excluding carboxylic acids is 10. The molecule has 1 spiro atoms. The molecule has 2 bridgehead atoms. The number of fused-ring (bicyclic) bond motifs is 6. The minimum atomic E-state index is -2.17. The highest BCUT2D eigenvalue weighted by Gasteiger charge is 2.78.